The molecule has 0 atom stereocenters. The van der Waals surface area contributed by atoms with Crippen LogP contribution in [-0.2, 0) is 16.0 Å². The Hall–Kier alpha value is -2.24. The van der Waals surface area contributed by atoms with Crippen LogP contribution < -0.4 is 10.1 Å². The van der Waals surface area contributed by atoms with Crippen molar-refractivity contribution in [2.24, 2.45) is 0 Å². The van der Waals surface area contributed by atoms with Crippen LogP contribution in [0.2, 0.25) is 0 Å². The van der Waals surface area contributed by atoms with E-state index in [9.17, 15) is 9.59 Å². The van der Waals surface area contributed by atoms with Crippen LogP contribution in [0.4, 0.5) is 0 Å². The van der Waals surface area contributed by atoms with Gasteiger partial charge in [-0.15, -0.1) is 0 Å². The molecule has 0 spiro atoms. The maximum absolute atomic E-state index is 11.8. The van der Waals surface area contributed by atoms with Gasteiger partial charge in [-0.2, -0.15) is 0 Å². The van der Waals surface area contributed by atoms with Crippen molar-refractivity contribution in [1.29, 1.82) is 0 Å². The largest absolute Gasteiger partial charge is 0.497 e. The summed E-state index contributed by atoms with van der Waals surface area (Å²) in [5.74, 6) is -1.42. The summed E-state index contributed by atoms with van der Waals surface area (Å²) in [6.45, 7) is 0.287. The lowest BCUT2D eigenvalue weighted by Gasteiger charge is -2.09. The van der Waals surface area contributed by atoms with Crippen LogP contribution >= 0.6 is 23.2 Å². The highest BCUT2D eigenvalue weighted by atomic mass is 35.5. The third kappa shape index (κ3) is 4.19. The van der Waals surface area contributed by atoms with Gasteiger partial charge in [-0.05, 0) is 34.9 Å². The molecule has 7 heteroatoms. The lowest BCUT2D eigenvalue weighted by molar-refractivity contribution is -0.132. The van der Waals surface area contributed by atoms with E-state index < -0.39 is 21.9 Å². The van der Waals surface area contributed by atoms with Crippen molar-refractivity contribution in [3.63, 3.8) is 0 Å². The minimum atomic E-state index is -1.45. The number of carboxylic acid groups (broad SMARTS) is 1. The Balaban J connectivity index is 2.10. The zero-order valence-electron chi connectivity index (χ0n) is 12.8. The molecule has 2 aromatic rings. The number of rotatable bonds is 6. The average Bonchev–Trinajstić information content (AvgIpc) is 2.59. The topological polar surface area (TPSA) is 75.6 Å². The predicted molar refractivity (Wildman–Crippen MR) is 93.6 cm³/mol. The molecule has 0 fully saturated rings. The van der Waals surface area contributed by atoms with Crippen molar-refractivity contribution in [2.75, 3.05) is 13.7 Å². The fourth-order valence-electron chi connectivity index (χ4n) is 2.24. The van der Waals surface area contributed by atoms with Crippen molar-refractivity contribution in [3.8, 4) is 5.75 Å². The first-order chi connectivity index (χ1) is 11.4. The molecule has 2 aromatic carbocycles. The fraction of sp³-hybridized carbons (Fsp3) is 0.176. The number of benzene rings is 2. The summed E-state index contributed by atoms with van der Waals surface area (Å²) >= 11 is 11.1. The van der Waals surface area contributed by atoms with Crippen LogP contribution in [0.5, 0.6) is 5.75 Å². The molecule has 0 bridgehead atoms. The number of aliphatic carboxylic acids is 1. The molecule has 2 N–H and O–H groups in total. The van der Waals surface area contributed by atoms with Crippen LogP contribution in [0.25, 0.3) is 10.8 Å². The van der Waals surface area contributed by atoms with E-state index in [-0.39, 0.29) is 6.54 Å². The van der Waals surface area contributed by atoms with Gasteiger partial charge in [-0.25, -0.2) is 4.79 Å². The van der Waals surface area contributed by atoms with Gasteiger partial charge in [0.25, 0.3) is 5.91 Å². The first-order valence-corrected chi connectivity index (χ1v) is 7.82. The zero-order valence-corrected chi connectivity index (χ0v) is 14.3. The summed E-state index contributed by atoms with van der Waals surface area (Å²) in [5, 5.41) is 12.1. The molecule has 1 amide bonds. The summed E-state index contributed by atoms with van der Waals surface area (Å²) in [6.07, 6.45) is 0.547. The normalized spacial score (nSPS) is 11.8. The quantitative estimate of drug-likeness (QED) is 0.768. The van der Waals surface area contributed by atoms with Crippen molar-refractivity contribution in [2.45, 2.75) is 6.42 Å². The highest BCUT2D eigenvalue weighted by Crippen LogP contribution is 2.24. The molecule has 0 saturated heterocycles. The molecule has 0 radical (unpaired) electrons. The lowest BCUT2D eigenvalue weighted by atomic mass is 10.0. The Bertz CT molecular complexity index is 817. The van der Waals surface area contributed by atoms with Gasteiger partial charge in [0.1, 0.15) is 15.8 Å². The van der Waals surface area contributed by atoms with Gasteiger partial charge >= 0.3 is 5.97 Å². The Labute approximate surface area is 148 Å². The molecular weight excluding hydrogens is 353 g/mol. The molecule has 0 aliphatic carbocycles. The molecule has 24 heavy (non-hydrogen) atoms. The predicted octanol–water partition coefficient (Wildman–Crippen LogP) is 3.28. The van der Waals surface area contributed by atoms with E-state index in [1.807, 2.05) is 36.4 Å². The number of ether oxygens (including phenoxy) is 1. The first-order valence-electron chi connectivity index (χ1n) is 7.06. The summed E-state index contributed by atoms with van der Waals surface area (Å²) < 4.78 is 5.24. The number of carbonyl (C=O) groups is 2. The second-order valence-electron chi connectivity index (χ2n) is 4.94. The lowest BCUT2D eigenvalue weighted by Crippen LogP contribution is -2.26. The van der Waals surface area contributed by atoms with Gasteiger partial charge in [0.05, 0.1) is 7.11 Å². The third-order valence-corrected chi connectivity index (χ3v) is 4.25. The van der Waals surface area contributed by atoms with Gasteiger partial charge in [-0.3, -0.25) is 4.79 Å². The molecule has 0 aliphatic heterocycles. The number of hydrogen-bond acceptors (Lipinski definition) is 3. The molecule has 126 valence electrons. The number of methoxy groups -OCH3 is 1. The fourth-order valence-corrected chi connectivity index (χ4v) is 2.48. The molecule has 2 rings (SSSR count). The van der Waals surface area contributed by atoms with Gasteiger partial charge in [0.2, 0.25) is 0 Å². The number of halogens is 2. The molecule has 5 nitrogen and oxygen atoms in total. The summed E-state index contributed by atoms with van der Waals surface area (Å²) in [6, 6.07) is 11.6. The van der Waals surface area contributed by atoms with Crippen molar-refractivity contribution in [3.05, 3.63) is 52.0 Å². The van der Waals surface area contributed by atoms with E-state index in [2.05, 4.69) is 5.32 Å². The summed E-state index contributed by atoms with van der Waals surface area (Å²) in [4.78, 5) is 22.5. The maximum Gasteiger partial charge on any atom is 0.349 e. The van der Waals surface area contributed by atoms with Crippen LogP contribution in [0.3, 0.4) is 0 Å². The standard InChI is InChI=1S/C17H15Cl2NO4/c1-24-12-6-5-10-3-2-4-11(13(10)9-12)7-8-20-16(21)14(18)15(19)17(22)23/h2-6,9H,7-8H2,1H3,(H,20,21)(H,22,23)/b15-14+. The second kappa shape index (κ2) is 8.04. The molecule has 0 saturated carbocycles. The highest BCUT2D eigenvalue weighted by molar-refractivity contribution is 6.53. The Morgan fingerprint density at radius 3 is 2.58 bits per heavy atom. The first kappa shape index (κ1) is 18.1. The van der Waals surface area contributed by atoms with Crippen LogP contribution in [0, 0.1) is 0 Å². The van der Waals surface area contributed by atoms with Gasteiger partial charge in [0, 0.05) is 6.54 Å². The summed E-state index contributed by atoms with van der Waals surface area (Å²) in [7, 11) is 1.60. The number of carboxylic acids is 1. The Morgan fingerprint density at radius 2 is 1.92 bits per heavy atom. The molecule has 0 heterocycles. The van der Waals surface area contributed by atoms with Crippen LogP contribution in [0.15, 0.2) is 46.5 Å². The minimum Gasteiger partial charge on any atom is -0.497 e. The van der Waals surface area contributed by atoms with E-state index in [4.69, 9.17) is 33.0 Å². The molecular formula is C17H15Cl2NO4. The number of amides is 1. The molecule has 0 aromatic heterocycles. The Morgan fingerprint density at radius 1 is 1.17 bits per heavy atom. The summed E-state index contributed by atoms with van der Waals surface area (Å²) in [5.41, 5.74) is 1.02. The van der Waals surface area contributed by atoms with E-state index in [1.165, 1.54) is 0 Å². The Kier molecular flexibility index (Phi) is 6.06. The smallest absolute Gasteiger partial charge is 0.349 e. The maximum atomic E-state index is 11.8. The van der Waals surface area contributed by atoms with E-state index in [0.29, 0.717) is 6.42 Å². The van der Waals surface area contributed by atoms with E-state index in [0.717, 1.165) is 22.1 Å². The van der Waals surface area contributed by atoms with Gasteiger partial charge < -0.3 is 15.2 Å². The van der Waals surface area contributed by atoms with E-state index in [1.54, 1.807) is 7.11 Å². The van der Waals surface area contributed by atoms with E-state index >= 15 is 0 Å². The number of nitrogens with one attached hydrogen (secondary N) is 1. The SMILES string of the molecule is COc1ccc2cccc(CCNC(=O)/C(Cl)=C(\Cl)C(=O)O)c2c1. The number of hydrogen-bond donors (Lipinski definition) is 2. The molecule has 0 unspecified atom stereocenters. The van der Waals surface area contributed by atoms with Crippen molar-refractivity contribution in [1.82, 2.24) is 5.32 Å². The second-order valence-corrected chi connectivity index (χ2v) is 5.70. The van der Waals surface area contributed by atoms with Crippen LogP contribution in [0.1, 0.15) is 5.56 Å². The zero-order chi connectivity index (χ0) is 17.7. The third-order valence-electron chi connectivity index (χ3n) is 3.44. The number of carbonyl (C=O) groups excluding carboxylic acids is 1. The monoisotopic (exact) mass is 367 g/mol. The van der Waals surface area contributed by atoms with Crippen LogP contribution in [-0.4, -0.2) is 30.6 Å². The highest BCUT2D eigenvalue weighted by Gasteiger charge is 2.16. The average molecular weight is 368 g/mol. The van der Waals surface area contributed by atoms with Crippen molar-refractivity contribution >= 4 is 45.9 Å². The minimum absolute atomic E-state index is 0.287. The molecule has 0 aliphatic rings. The van der Waals surface area contributed by atoms with Gasteiger partial charge in [-0.1, -0.05) is 47.5 Å². The number of fused-ring (bicyclic) bond motifs is 1. The van der Waals surface area contributed by atoms with Gasteiger partial charge in [0.15, 0.2) is 0 Å². The van der Waals surface area contributed by atoms with Crippen molar-refractivity contribution < 1.29 is 19.4 Å².